The molecule has 0 spiro atoms. The Hall–Kier alpha value is 0.480. The molecular formula is C17H31Br. The average Bonchev–Trinajstić information content (AvgIpc) is 2.40. The van der Waals surface area contributed by atoms with Gasteiger partial charge in [0, 0.05) is 4.83 Å². The first-order valence-corrected chi connectivity index (χ1v) is 9.21. The maximum absolute atomic E-state index is 3.78. The van der Waals surface area contributed by atoms with E-state index in [4.69, 9.17) is 0 Å². The van der Waals surface area contributed by atoms with Gasteiger partial charge < -0.3 is 0 Å². The van der Waals surface area contributed by atoms with Crippen LogP contribution in [-0.2, 0) is 0 Å². The normalized spacial score (nSPS) is 36.5. The summed E-state index contributed by atoms with van der Waals surface area (Å²) >= 11 is 3.78. The van der Waals surface area contributed by atoms with Crippen molar-refractivity contribution in [2.45, 2.75) is 89.3 Å². The summed E-state index contributed by atoms with van der Waals surface area (Å²) in [5, 5.41) is 0. The van der Waals surface area contributed by atoms with Gasteiger partial charge in [-0.15, -0.1) is 0 Å². The van der Waals surface area contributed by atoms with E-state index in [1.54, 1.807) is 12.8 Å². The van der Waals surface area contributed by atoms with E-state index in [1.165, 1.54) is 57.8 Å². The summed E-state index contributed by atoms with van der Waals surface area (Å²) in [7, 11) is 0. The SMILES string of the molecule is CCC1(CC(C)Br)CCC(C2CCCCC2)CC1. The monoisotopic (exact) mass is 314 g/mol. The molecule has 1 heteroatoms. The van der Waals surface area contributed by atoms with Crippen LogP contribution in [0.2, 0.25) is 0 Å². The molecule has 0 amide bonds. The Labute approximate surface area is 122 Å². The van der Waals surface area contributed by atoms with Crippen molar-refractivity contribution >= 4 is 15.9 Å². The highest BCUT2D eigenvalue weighted by Crippen LogP contribution is 2.49. The van der Waals surface area contributed by atoms with Crippen LogP contribution in [0.1, 0.15) is 84.5 Å². The lowest BCUT2D eigenvalue weighted by atomic mass is 9.63. The topological polar surface area (TPSA) is 0 Å². The minimum Gasteiger partial charge on any atom is -0.0893 e. The third kappa shape index (κ3) is 3.74. The number of rotatable bonds is 4. The first-order valence-electron chi connectivity index (χ1n) is 8.29. The minimum absolute atomic E-state index is 0.675. The van der Waals surface area contributed by atoms with Gasteiger partial charge in [-0.1, -0.05) is 68.3 Å². The van der Waals surface area contributed by atoms with Crippen molar-refractivity contribution < 1.29 is 0 Å². The Balaban J connectivity index is 1.85. The maximum Gasteiger partial charge on any atom is 0.0122 e. The van der Waals surface area contributed by atoms with Crippen LogP contribution in [0.25, 0.3) is 0 Å². The van der Waals surface area contributed by atoms with Gasteiger partial charge in [0.1, 0.15) is 0 Å². The minimum atomic E-state index is 0.675. The van der Waals surface area contributed by atoms with Crippen LogP contribution in [0.15, 0.2) is 0 Å². The van der Waals surface area contributed by atoms with Crippen LogP contribution in [0.5, 0.6) is 0 Å². The van der Waals surface area contributed by atoms with E-state index in [-0.39, 0.29) is 0 Å². The molecule has 1 atom stereocenters. The molecule has 0 aliphatic heterocycles. The summed E-state index contributed by atoms with van der Waals surface area (Å²) < 4.78 is 0. The Morgan fingerprint density at radius 3 is 2.06 bits per heavy atom. The van der Waals surface area contributed by atoms with Gasteiger partial charge in [-0.3, -0.25) is 0 Å². The molecule has 18 heavy (non-hydrogen) atoms. The van der Waals surface area contributed by atoms with Crippen molar-refractivity contribution in [2.24, 2.45) is 17.3 Å². The zero-order valence-corrected chi connectivity index (χ0v) is 14.0. The van der Waals surface area contributed by atoms with Crippen LogP contribution < -0.4 is 0 Å². The molecule has 2 aliphatic rings. The average molecular weight is 315 g/mol. The molecule has 2 rings (SSSR count). The van der Waals surface area contributed by atoms with Crippen molar-refractivity contribution in [2.75, 3.05) is 0 Å². The van der Waals surface area contributed by atoms with E-state index in [0.717, 1.165) is 11.8 Å². The second kappa shape index (κ2) is 6.77. The quantitative estimate of drug-likeness (QED) is 0.532. The van der Waals surface area contributed by atoms with Gasteiger partial charge in [0.05, 0.1) is 0 Å². The van der Waals surface area contributed by atoms with Gasteiger partial charge >= 0.3 is 0 Å². The molecule has 0 bridgehead atoms. The fourth-order valence-electron chi connectivity index (χ4n) is 4.63. The summed E-state index contributed by atoms with van der Waals surface area (Å²) in [6.07, 6.45) is 16.4. The molecule has 106 valence electrons. The highest BCUT2D eigenvalue weighted by atomic mass is 79.9. The van der Waals surface area contributed by atoms with Gasteiger partial charge in [-0.25, -0.2) is 0 Å². The summed E-state index contributed by atoms with van der Waals surface area (Å²) in [5.41, 5.74) is 0.675. The standard InChI is InChI=1S/C17H31Br/c1-3-17(13-14(2)18)11-9-16(10-12-17)15-7-5-4-6-8-15/h14-16H,3-13H2,1-2H3. The third-order valence-corrected chi connectivity index (χ3v) is 6.20. The Morgan fingerprint density at radius 2 is 1.56 bits per heavy atom. The van der Waals surface area contributed by atoms with E-state index >= 15 is 0 Å². The summed E-state index contributed by atoms with van der Waals surface area (Å²) in [6, 6.07) is 0. The first kappa shape index (κ1) is 14.9. The molecule has 0 saturated heterocycles. The molecule has 0 nitrogen and oxygen atoms in total. The van der Waals surface area contributed by atoms with Crippen molar-refractivity contribution in [1.29, 1.82) is 0 Å². The first-order chi connectivity index (χ1) is 8.65. The van der Waals surface area contributed by atoms with E-state index < -0.39 is 0 Å². The van der Waals surface area contributed by atoms with Crippen LogP contribution in [0.3, 0.4) is 0 Å². The molecule has 0 aromatic rings. The van der Waals surface area contributed by atoms with Crippen LogP contribution in [0.4, 0.5) is 0 Å². The van der Waals surface area contributed by atoms with Gasteiger partial charge in [0.2, 0.25) is 0 Å². The predicted molar refractivity (Wildman–Crippen MR) is 84.3 cm³/mol. The molecule has 0 aromatic carbocycles. The molecule has 0 heterocycles. The number of hydrogen-bond donors (Lipinski definition) is 0. The second-order valence-electron chi connectivity index (χ2n) is 7.07. The van der Waals surface area contributed by atoms with Crippen molar-refractivity contribution in [3.63, 3.8) is 0 Å². The zero-order chi connectivity index (χ0) is 13.0. The molecule has 2 aliphatic carbocycles. The van der Waals surface area contributed by atoms with Crippen LogP contribution in [0, 0.1) is 17.3 Å². The summed E-state index contributed by atoms with van der Waals surface area (Å²) in [4.78, 5) is 0.698. The lowest BCUT2D eigenvalue weighted by molar-refractivity contribution is 0.0909. The Morgan fingerprint density at radius 1 is 1.00 bits per heavy atom. The van der Waals surface area contributed by atoms with E-state index in [2.05, 4.69) is 29.8 Å². The summed E-state index contributed by atoms with van der Waals surface area (Å²) in [5.74, 6) is 2.17. The van der Waals surface area contributed by atoms with Gasteiger partial charge in [0.15, 0.2) is 0 Å². The fourth-order valence-corrected chi connectivity index (χ4v) is 5.31. The van der Waals surface area contributed by atoms with Gasteiger partial charge in [-0.05, 0) is 49.4 Å². The maximum atomic E-state index is 3.78. The van der Waals surface area contributed by atoms with Crippen molar-refractivity contribution in [3.8, 4) is 0 Å². The lowest BCUT2D eigenvalue weighted by Gasteiger charge is -2.43. The van der Waals surface area contributed by atoms with Gasteiger partial charge in [0.25, 0.3) is 0 Å². The molecule has 0 N–H and O–H groups in total. The predicted octanol–water partition coefficient (Wildman–Crippen LogP) is 6.33. The number of alkyl halides is 1. The van der Waals surface area contributed by atoms with Crippen molar-refractivity contribution in [3.05, 3.63) is 0 Å². The Bertz CT molecular complexity index is 232. The molecule has 2 saturated carbocycles. The summed E-state index contributed by atoms with van der Waals surface area (Å²) in [6.45, 7) is 4.74. The Kier molecular flexibility index (Phi) is 5.60. The molecular weight excluding hydrogens is 284 g/mol. The number of halogens is 1. The highest BCUT2D eigenvalue weighted by molar-refractivity contribution is 9.09. The lowest BCUT2D eigenvalue weighted by Crippen LogP contribution is -2.32. The number of hydrogen-bond acceptors (Lipinski definition) is 0. The molecule has 0 radical (unpaired) electrons. The van der Waals surface area contributed by atoms with E-state index in [9.17, 15) is 0 Å². The van der Waals surface area contributed by atoms with Crippen LogP contribution in [-0.4, -0.2) is 4.83 Å². The third-order valence-electron chi connectivity index (χ3n) is 5.87. The fraction of sp³-hybridized carbons (Fsp3) is 1.00. The van der Waals surface area contributed by atoms with E-state index in [1.807, 2.05) is 0 Å². The largest absolute Gasteiger partial charge is 0.0893 e. The zero-order valence-electron chi connectivity index (χ0n) is 12.4. The highest BCUT2D eigenvalue weighted by Gasteiger charge is 2.36. The van der Waals surface area contributed by atoms with Crippen LogP contribution >= 0.6 is 15.9 Å². The van der Waals surface area contributed by atoms with Crippen molar-refractivity contribution in [1.82, 2.24) is 0 Å². The molecule has 1 unspecified atom stereocenters. The molecule has 2 fully saturated rings. The second-order valence-corrected chi connectivity index (χ2v) is 8.64. The molecule has 0 aromatic heterocycles. The van der Waals surface area contributed by atoms with E-state index in [0.29, 0.717) is 10.2 Å². The van der Waals surface area contributed by atoms with Gasteiger partial charge in [-0.2, -0.15) is 0 Å². The smallest absolute Gasteiger partial charge is 0.0122 e.